The van der Waals surface area contributed by atoms with Crippen molar-refractivity contribution in [3.63, 3.8) is 0 Å². The maximum atomic E-state index is 6.19. The zero-order valence-electron chi connectivity index (χ0n) is 9.31. The van der Waals surface area contributed by atoms with Gasteiger partial charge in [0.15, 0.2) is 0 Å². The van der Waals surface area contributed by atoms with E-state index in [9.17, 15) is 0 Å². The minimum absolute atomic E-state index is 0.0464. The number of pyridine rings is 1. The molecule has 82 valence electrons. The Labute approximate surface area is 90.7 Å². The second-order valence-corrected chi connectivity index (χ2v) is 4.42. The first-order valence-corrected chi connectivity index (χ1v) is 5.47. The Morgan fingerprint density at radius 1 is 1.53 bits per heavy atom. The summed E-state index contributed by atoms with van der Waals surface area (Å²) in [5.41, 5.74) is 8.42. The zero-order chi connectivity index (χ0) is 10.8. The highest BCUT2D eigenvalue weighted by atomic mass is 16.5. The minimum atomic E-state index is -0.0464. The molecule has 0 spiro atoms. The number of hydrogen-bond acceptors (Lipinski definition) is 3. The van der Waals surface area contributed by atoms with Gasteiger partial charge in [-0.05, 0) is 30.4 Å². The van der Waals surface area contributed by atoms with Crippen LogP contribution in [0.5, 0.6) is 0 Å². The molecule has 3 heteroatoms. The topological polar surface area (TPSA) is 48.1 Å². The lowest BCUT2D eigenvalue weighted by atomic mass is 9.94. The lowest BCUT2D eigenvalue weighted by Crippen LogP contribution is -2.29. The molecule has 0 bridgehead atoms. The zero-order valence-corrected chi connectivity index (χ0v) is 9.31. The third-order valence-corrected chi connectivity index (χ3v) is 3.08. The average Bonchev–Trinajstić information content (AvgIpc) is 2.63. The van der Waals surface area contributed by atoms with Gasteiger partial charge in [0.2, 0.25) is 0 Å². The summed E-state index contributed by atoms with van der Waals surface area (Å²) >= 11 is 0. The molecule has 0 saturated carbocycles. The Morgan fingerprint density at radius 2 is 2.33 bits per heavy atom. The maximum absolute atomic E-state index is 6.19. The van der Waals surface area contributed by atoms with Crippen LogP contribution in [0.25, 0.3) is 0 Å². The Hall–Kier alpha value is -0.930. The highest BCUT2D eigenvalue weighted by Gasteiger charge is 2.30. The first kappa shape index (κ1) is 10.6. The Morgan fingerprint density at radius 3 is 2.93 bits per heavy atom. The molecular weight excluding hydrogens is 188 g/mol. The SMILES string of the molecule is Cc1cncc(C(N)C2OCCC2C)c1. The molecule has 1 aromatic heterocycles. The third kappa shape index (κ3) is 2.19. The third-order valence-electron chi connectivity index (χ3n) is 3.08. The van der Waals surface area contributed by atoms with Gasteiger partial charge in [-0.2, -0.15) is 0 Å². The first-order valence-electron chi connectivity index (χ1n) is 5.47. The van der Waals surface area contributed by atoms with Gasteiger partial charge < -0.3 is 10.5 Å². The van der Waals surface area contributed by atoms with Gasteiger partial charge in [0.25, 0.3) is 0 Å². The summed E-state index contributed by atoms with van der Waals surface area (Å²) in [6.45, 7) is 5.06. The van der Waals surface area contributed by atoms with Crippen LogP contribution in [0.3, 0.4) is 0 Å². The van der Waals surface area contributed by atoms with Crippen LogP contribution >= 0.6 is 0 Å². The summed E-state index contributed by atoms with van der Waals surface area (Å²) in [5, 5.41) is 0. The van der Waals surface area contributed by atoms with Crippen LogP contribution in [0.15, 0.2) is 18.5 Å². The maximum Gasteiger partial charge on any atom is 0.0794 e. The molecule has 1 aromatic rings. The predicted molar refractivity (Wildman–Crippen MR) is 59.4 cm³/mol. The van der Waals surface area contributed by atoms with Crippen LogP contribution < -0.4 is 5.73 Å². The molecule has 1 aliphatic heterocycles. The summed E-state index contributed by atoms with van der Waals surface area (Å²) < 4.78 is 5.67. The molecule has 1 fully saturated rings. The van der Waals surface area contributed by atoms with Gasteiger partial charge in [-0.25, -0.2) is 0 Å². The van der Waals surface area contributed by atoms with E-state index in [4.69, 9.17) is 10.5 Å². The molecule has 0 radical (unpaired) electrons. The lowest BCUT2D eigenvalue weighted by Gasteiger charge is -2.22. The number of nitrogens with zero attached hydrogens (tertiary/aromatic N) is 1. The highest BCUT2D eigenvalue weighted by molar-refractivity contribution is 5.21. The number of rotatable bonds is 2. The molecule has 2 N–H and O–H groups in total. The molecule has 0 aromatic carbocycles. The van der Waals surface area contributed by atoms with Crippen LogP contribution in [-0.4, -0.2) is 17.7 Å². The summed E-state index contributed by atoms with van der Waals surface area (Å²) in [4.78, 5) is 4.17. The molecule has 0 aliphatic carbocycles. The van der Waals surface area contributed by atoms with Gasteiger partial charge in [0.1, 0.15) is 0 Å². The van der Waals surface area contributed by atoms with E-state index in [-0.39, 0.29) is 12.1 Å². The molecule has 1 saturated heterocycles. The largest absolute Gasteiger partial charge is 0.376 e. The molecule has 3 unspecified atom stereocenters. The van der Waals surface area contributed by atoms with Gasteiger partial charge in [0, 0.05) is 19.0 Å². The highest BCUT2D eigenvalue weighted by Crippen LogP contribution is 2.29. The van der Waals surface area contributed by atoms with E-state index in [1.165, 1.54) is 0 Å². The molecular formula is C12H18N2O. The number of aryl methyl sites for hydroxylation is 1. The lowest BCUT2D eigenvalue weighted by molar-refractivity contribution is 0.0724. The average molecular weight is 206 g/mol. The van der Waals surface area contributed by atoms with Crippen molar-refractivity contribution >= 4 is 0 Å². The smallest absolute Gasteiger partial charge is 0.0794 e. The molecule has 15 heavy (non-hydrogen) atoms. The number of aromatic nitrogens is 1. The van der Waals surface area contributed by atoms with Crippen molar-refractivity contribution in [3.8, 4) is 0 Å². The predicted octanol–water partition coefficient (Wildman–Crippen LogP) is 1.81. The van der Waals surface area contributed by atoms with Crippen LogP contribution in [0.4, 0.5) is 0 Å². The number of nitrogens with two attached hydrogens (primary N) is 1. The van der Waals surface area contributed by atoms with Crippen LogP contribution in [0, 0.1) is 12.8 Å². The molecule has 0 amide bonds. The number of ether oxygens (including phenoxy) is 1. The van der Waals surface area contributed by atoms with Gasteiger partial charge in [-0.15, -0.1) is 0 Å². The van der Waals surface area contributed by atoms with E-state index >= 15 is 0 Å². The van der Waals surface area contributed by atoms with Crippen molar-refractivity contribution in [2.75, 3.05) is 6.61 Å². The summed E-state index contributed by atoms with van der Waals surface area (Å²) in [6, 6.07) is 2.04. The molecule has 3 atom stereocenters. The first-order chi connectivity index (χ1) is 7.18. The summed E-state index contributed by atoms with van der Waals surface area (Å²) in [5.74, 6) is 0.542. The van der Waals surface area contributed by atoms with Crippen molar-refractivity contribution in [2.24, 2.45) is 11.7 Å². The fourth-order valence-electron chi connectivity index (χ4n) is 2.13. The van der Waals surface area contributed by atoms with E-state index in [1.807, 2.05) is 19.3 Å². The number of hydrogen-bond donors (Lipinski definition) is 1. The van der Waals surface area contributed by atoms with Gasteiger partial charge in [-0.3, -0.25) is 4.98 Å². The van der Waals surface area contributed by atoms with Crippen molar-refractivity contribution < 1.29 is 4.74 Å². The van der Waals surface area contributed by atoms with Crippen LogP contribution in [-0.2, 0) is 4.74 Å². The summed E-state index contributed by atoms with van der Waals surface area (Å²) in [7, 11) is 0. The second kappa shape index (κ2) is 4.29. The Kier molecular flexibility index (Phi) is 3.03. The van der Waals surface area contributed by atoms with Crippen LogP contribution in [0.2, 0.25) is 0 Å². The van der Waals surface area contributed by atoms with E-state index in [0.29, 0.717) is 5.92 Å². The molecule has 2 rings (SSSR count). The standard InChI is InChI=1S/C12H18N2O/c1-8-5-10(7-14-6-8)11(13)12-9(2)3-4-15-12/h5-7,9,11-12H,3-4,13H2,1-2H3. The van der Waals surface area contributed by atoms with E-state index in [2.05, 4.69) is 18.0 Å². The van der Waals surface area contributed by atoms with E-state index in [1.54, 1.807) is 0 Å². The fraction of sp³-hybridized carbons (Fsp3) is 0.583. The Balaban J connectivity index is 2.16. The van der Waals surface area contributed by atoms with Gasteiger partial charge >= 0.3 is 0 Å². The second-order valence-electron chi connectivity index (χ2n) is 4.42. The van der Waals surface area contributed by atoms with Gasteiger partial charge in [-0.1, -0.05) is 13.0 Å². The summed E-state index contributed by atoms with van der Waals surface area (Å²) in [6.07, 6.45) is 4.94. The Bertz CT molecular complexity index is 340. The van der Waals surface area contributed by atoms with Crippen molar-refractivity contribution in [3.05, 3.63) is 29.6 Å². The fourth-order valence-corrected chi connectivity index (χ4v) is 2.13. The monoisotopic (exact) mass is 206 g/mol. The molecule has 1 aliphatic rings. The molecule has 3 nitrogen and oxygen atoms in total. The van der Waals surface area contributed by atoms with Gasteiger partial charge in [0.05, 0.1) is 12.1 Å². The van der Waals surface area contributed by atoms with E-state index < -0.39 is 0 Å². The van der Waals surface area contributed by atoms with Crippen molar-refractivity contribution in [1.82, 2.24) is 4.98 Å². The molecule has 2 heterocycles. The van der Waals surface area contributed by atoms with Crippen molar-refractivity contribution in [2.45, 2.75) is 32.4 Å². The van der Waals surface area contributed by atoms with Crippen LogP contribution in [0.1, 0.15) is 30.5 Å². The van der Waals surface area contributed by atoms with E-state index in [0.717, 1.165) is 24.2 Å². The quantitative estimate of drug-likeness (QED) is 0.803. The minimum Gasteiger partial charge on any atom is -0.376 e. The van der Waals surface area contributed by atoms with Crippen molar-refractivity contribution in [1.29, 1.82) is 0 Å². The normalized spacial score (nSPS) is 27.9.